The van der Waals surface area contributed by atoms with Crippen molar-refractivity contribution in [2.24, 2.45) is 0 Å². The molecule has 0 atom stereocenters. The molecule has 1 aromatic heterocycles. The standard InChI is InChI=1S/C16H30N4S/c1-16(2,3)15-19-13(17-4)12-14(20-15)18-10-8-6-7-9-11-21-5/h12H,6-11H2,1-5H3,(H2,17,18,19,20). The van der Waals surface area contributed by atoms with Gasteiger partial charge in [-0.05, 0) is 24.9 Å². The van der Waals surface area contributed by atoms with Gasteiger partial charge in [-0.2, -0.15) is 11.8 Å². The average molecular weight is 311 g/mol. The summed E-state index contributed by atoms with van der Waals surface area (Å²) in [5.41, 5.74) is -0.0406. The van der Waals surface area contributed by atoms with Gasteiger partial charge < -0.3 is 10.6 Å². The zero-order valence-electron chi connectivity index (χ0n) is 14.1. The fourth-order valence-corrected chi connectivity index (χ4v) is 2.44. The molecule has 1 rings (SSSR count). The number of nitrogens with zero attached hydrogens (tertiary/aromatic N) is 2. The van der Waals surface area contributed by atoms with Crippen LogP contribution in [-0.4, -0.2) is 35.6 Å². The summed E-state index contributed by atoms with van der Waals surface area (Å²) in [7, 11) is 1.89. The number of thioether (sulfide) groups is 1. The third-order valence-corrected chi connectivity index (χ3v) is 3.93. The van der Waals surface area contributed by atoms with Crippen LogP contribution in [-0.2, 0) is 5.41 Å². The first-order valence-electron chi connectivity index (χ1n) is 7.77. The van der Waals surface area contributed by atoms with Gasteiger partial charge in [-0.1, -0.05) is 33.6 Å². The van der Waals surface area contributed by atoms with Crippen LogP contribution in [0.4, 0.5) is 11.6 Å². The lowest BCUT2D eigenvalue weighted by atomic mass is 9.96. The van der Waals surface area contributed by atoms with Gasteiger partial charge in [0.1, 0.15) is 17.5 Å². The molecule has 0 aliphatic heterocycles. The van der Waals surface area contributed by atoms with Crippen LogP contribution in [0.5, 0.6) is 0 Å². The molecule has 1 heterocycles. The fraction of sp³-hybridized carbons (Fsp3) is 0.750. The van der Waals surface area contributed by atoms with Gasteiger partial charge in [0.05, 0.1) is 0 Å². The van der Waals surface area contributed by atoms with Crippen LogP contribution in [0, 0.1) is 0 Å². The molecule has 0 saturated carbocycles. The van der Waals surface area contributed by atoms with Crippen molar-refractivity contribution < 1.29 is 0 Å². The van der Waals surface area contributed by atoms with E-state index in [1.54, 1.807) is 0 Å². The van der Waals surface area contributed by atoms with E-state index in [1.807, 2.05) is 24.9 Å². The topological polar surface area (TPSA) is 49.8 Å². The van der Waals surface area contributed by atoms with E-state index >= 15 is 0 Å². The molecular weight excluding hydrogens is 280 g/mol. The fourth-order valence-electron chi connectivity index (χ4n) is 1.94. The van der Waals surface area contributed by atoms with Crippen molar-refractivity contribution in [3.8, 4) is 0 Å². The maximum atomic E-state index is 4.63. The summed E-state index contributed by atoms with van der Waals surface area (Å²) in [5.74, 6) is 3.94. The summed E-state index contributed by atoms with van der Waals surface area (Å²) in [6.07, 6.45) is 7.29. The smallest absolute Gasteiger partial charge is 0.138 e. The largest absolute Gasteiger partial charge is 0.373 e. The van der Waals surface area contributed by atoms with E-state index in [-0.39, 0.29) is 5.41 Å². The minimum Gasteiger partial charge on any atom is -0.373 e. The molecule has 1 aromatic rings. The van der Waals surface area contributed by atoms with Crippen LogP contribution in [0.25, 0.3) is 0 Å². The molecule has 0 unspecified atom stereocenters. The Bertz CT molecular complexity index is 415. The van der Waals surface area contributed by atoms with Gasteiger partial charge in [0.25, 0.3) is 0 Å². The minimum atomic E-state index is -0.0406. The number of hydrogen-bond acceptors (Lipinski definition) is 5. The van der Waals surface area contributed by atoms with Crippen LogP contribution in [0.2, 0.25) is 0 Å². The summed E-state index contributed by atoms with van der Waals surface area (Å²) in [6.45, 7) is 7.38. The predicted octanol–water partition coefficient (Wildman–Crippen LogP) is 4.15. The van der Waals surface area contributed by atoms with E-state index in [4.69, 9.17) is 0 Å². The van der Waals surface area contributed by atoms with Crippen molar-refractivity contribution in [2.45, 2.75) is 51.9 Å². The van der Waals surface area contributed by atoms with E-state index in [9.17, 15) is 0 Å². The summed E-state index contributed by atoms with van der Waals surface area (Å²) < 4.78 is 0. The monoisotopic (exact) mass is 310 g/mol. The van der Waals surface area contributed by atoms with Crippen LogP contribution >= 0.6 is 11.8 Å². The summed E-state index contributed by atoms with van der Waals surface area (Å²) >= 11 is 1.93. The SMILES string of the molecule is CNc1cc(NCCCCCCSC)nc(C(C)(C)C)n1. The Morgan fingerprint density at radius 1 is 1.05 bits per heavy atom. The van der Waals surface area contributed by atoms with Crippen molar-refractivity contribution >= 4 is 23.4 Å². The van der Waals surface area contributed by atoms with Crippen molar-refractivity contribution in [1.82, 2.24) is 9.97 Å². The van der Waals surface area contributed by atoms with E-state index in [2.05, 4.69) is 47.6 Å². The molecule has 0 spiro atoms. The quantitative estimate of drug-likeness (QED) is 0.671. The Morgan fingerprint density at radius 3 is 2.33 bits per heavy atom. The zero-order chi connectivity index (χ0) is 15.7. The van der Waals surface area contributed by atoms with Crippen molar-refractivity contribution in [2.75, 3.05) is 36.2 Å². The van der Waals surface area contributed by atoms with Gasteiger partial charge in [0, 0.05) is 25.1 Å². The summed E-state index contributed by atoms with van der Waals surface area (Å²) in [4.78, 5) is 9.17. The first-order valence-corrected chi connectivity index (χ1v) is 9.17. The van der Waals surface area contributed by atoms with Gasteiger partial charge in [0.2, 0.25) is 0 Å². The van der Waals surface area contributed by atoms with Gasteiger partial charge in [-0.3, -0.25) is 0 Å². The lowest BCUT2D eigenvalue weighted by Crippen LogP contribution is -2.18. The van der Waals surface area contributed by atoms with Crippen molar-refractivity contribution in [3.05, 3.63) is 11.9 Å². The van der Waals surface area contributed by atoms with Crippen LogP contribution in [0.1, 0.15) is 52.3 Å². The lowest BCUT2D eigenvalue weighted by Gasteiger charge is -2.18. The second kappa shape index (κ2) is 9.13. The third kappa shape index (κ3) is 7.02. The molecule has 0 aliphatic carbocycles. The molecule has 0 aromatic carbocycles. The molecule has 0 bridgehead atoms. The Balaban J connectivity index is 2.47. The first-order chi connectivity index (χ1) is 9.97. The van der Waals surface area contributed by atoms with Crippen LogP contribution in [0.15, 0.2) is 6.07 Å². The Kier molecular flexibility index (Phi) is 7.86. The lowest BCUT2D eigenvalue weighted by molar-refractivity contribution is 0.546. The normalized spacial score (nSPS) is 11.5. The molecule has 4 nitrogen and oxygen atoms in total. The third-order valence-electron chi connectivity index (χ3n) is 3.23. The highest BCUT2D eigenvalue weighted by Crippen LogP contribution is 2.22. The maximum Gasteiger partial charge on any atom is 0.138 e. The highest BCUT2D eigenvalue weighted by Gasteiger charge is 2.18. The molecule has 2 N–H and O–H groups in total. The molecule has 21 heavy (non-hydrogen) atoms. The first kappa shape index (κ1) is 18.1. The average Bonchev–Trinajstić information content (AvgIpc) is 2.45. The predicted molar refractivity (Wildman–Crippen MR) is 95.6 cm³/mol. The maximum absolute atomic E-state index is 4.63. The number of unbranched alkanes of at least 4 members (excludes halogenated alkanes) is 3. The molecule has 5 heteroatoms. The van der Waals surface area contributed by atoms with E-state index in [1.165, 1.54) is 31.4 Å². The highest BCUT2D eigenvalue weighted by molar-refractivity contribution is 7.98. The van der Waals surface area contributed by atoms with Crippen LogP contribution in [0.3, 0.4) is 0 Å². The molecule has 0 amide bonds. The molecule has 120 valence electrons. The number of anilines is 2. The van der Waals surface area contributed by atoms with Crippen molar-refractivity contribution in [3.63, 3.8) is 0 Å². The number of rotatable bonds is 9. The van der Waals surface area contributed by atoms with Gasteiger partial charge in [-0.25, -0.2) is 9.97 Å². The van der Waals surface area contributed by atoms with Gasteiger partial charge in [0.15, 0.2) is 0 Å². The number of nitrogens with one attached hydrogen (secondary N) is 2. The highest BCUT2D eigenvalue weighted by atomic mass is 32.2. The molecule has 0 aliphatic rings. The van der Waals surface area contributed by atoms with Crippen molar-refractivity contribution in [1.29, 1.82) is 0 Å². The molecular formula is C16H30N4S. The molecule has 0 saturated heterocycles. The number of hydrogen-bond donors (Lipinski definition) is 2. The summed E-state index contributed by atoms with van der Waals surface area (Å²) in [5, 5.41) is 6.54. The van der Waals surface area contributed by atoms with Gasteiger partial charge in [-0.15, -0.1) is 0 Å². The zero-order valence-corrected chi connectivity index (χ0v) is 14.9. The van der Waals surface area contributed by atoms with E-state index in [0.29, 0.717) is 0 Å². The molecule has 0 radical (unpaired) electrons. The van der Waals surface area contributed by atoms with E-state index < -0.39 is 0 Å². The van der Waals surface area contributed by atoms with Crippen LogP contribution < -0.4 is 10.6 Å². The van der Waals surface area contributed by atoms with Gasteiger partial charge >= 0.3 is 0 Å². The second-order valence-corrected chi connectivity index (χ2v) is 7.28. The Hall–Kier alpha value is -0.970. The Labute approximate surface area is 133 Å². The minimum absolute atomic E-state index is 0.0406. The van der Waals surface area contributed by atoms with E-state index in [0.717, 1.165) is 24.0 Å². The summed E-state index contributed by atoms with van der Waals surface area (Å²) in [6, 6.07) is 1.98. The second-order valence-electron chi connectivity index (χ2n) is 6.30. The Morgan fingerprint density at radius 2 is 1.71 bits per heavy atom. The molecule has 0 fully saturated rings. The number of aromatic nitrogens is 2.